The van der Waals surface area contributed by atoms with E-state index in [0.29, 0.717) is 6.61 Å². The molecule has 2 aromatic carbocycles. The number of rotatable bonds is 5. The smallest absolute Gasteiger partial charge is 0.207 e. The van der Waals surface area contributed by atoms with Crippen molar-refractivity contribution in [1.82, 2.24) is 9.55 Å². The summed E-state index contributed by atoms with van der Waals surface area (Å²) in [5, 5.41) is 5.80. The average molecular weight is 267 g/mol. The first-order chi connectivity index (χ1) is 9.86. The third-order valence-corrected chi connectivity index (χ3v) is 3.26. The van der Waals surface area contributed by atoms with Crippen LogP contribution >= 0.6 is 0 Å². The highest BCUT2D eigenvalue weighted by Crippen LogP contribution is 2.21. The van der Waals surface area contributed by atoms with Crippen molar-refractivity contribution >= 4 is 22.4 Å². The maximum Gasteiger partial charge on any atom is 0.207 e. The van der Waals surface area contributed by atoms with E-state index in [-0.39, 0.29) is 0 Å². The zero-order chi connectivity index (χ0) is 13.8. The first-order valence-electron chi connectivity index (χ1n) is 6.63. The van der Waals surface area contributed by atoms with Crippen LogP contribution in [0.5, 0.6) is 0 Å². The Morgan fingerprint density at radius 1 is 1.15 bits per heavy atom. The van der Waals surface area contributed by atoms with Crippen molar-refractivity contribution < 1.29 is 4.74 Å². The normalized spacial score (nSPS) is 10.8. The molecule has 20 heavy (non-hydrogen) atoms. The number of nitrogens with one attached hydrogen (secondary N) is 1. The third-order valence-electron chi connectivity index (χ3n) is 3.26. The fraction of sp³-hybridized carbons (Fsp3) is 0.188. The van der Waals surface area contributed by atoms with Crippen LogP contribution in [0.3, 0.4) is 0 Å². The van der Waals surface area contributed by atoms with Gasteiger partial charge in [-0.05, 0) is 22.9 Å². The van der Waals surface area contributed by atoms with Gasteiger partial charge in [-0.1, -0.05) is 30.3 Å². The number of anilines is 2. The molecule has 1 heterocycles. The lowest BCUT2D eigenvalue weighted by Gasteiger charge is -2.10. The van der Waals surface area contributed by atoms with Gasteiger partial charge in [0.15, 0.2) is 0 Å². The Balaban J connectivity index is 1.84. The van der Waals surface area contributed by atoms with Crippen molar-refractivity contribution in [3.63, 3.8) is 0 Å². The number of fused-ring (bicyclic) bond motifs is 1. The predicted octanol–water partition coefficient (Wildman–Crippen LogP) is 3.43. The Bertz CT molecular complexity index is 706. The summed E-state index contributed by atoms with van der Waals surface area (Å²) in [7, 11) is 1.70. The van der Waals surface area contributed by atoms with E-state index in [4.69, 9.17) is 4.74 Å². The molecule has 1 aromatic heterocycles. The van der Waals surface area contributed by atoms with E-state index in [1.54, 1.807) is 13.3 Å². The average Bonchev–Trinajstić information content (AvgIpc) is 2.92. The summed E-state index contributed by atoms with van der Waals surface area (Å²) in [6, 6.07) is 14.6. The van der Waals surface area contributed by atoms with E-state index in [2.05, 4.69) is 40.6 Å². The molecule has 102 valence electrons. The van der Waals surface area contributed by atoms with E-state index >= 15 is 0 Å². The van der Waals surface area contributed by atoms with Crippen LogP contribution in [-0.4, -0.2) is 23.3 Å². The van der Waals surface area contributed by atoms with Crippen LogP contribution in [0.15, 0.2) is 54.9 Å². The molecule has 0 amide bonds. The van der Waals surface area contributed by atoms with Gasteiger partial charge in [-0.25, -0.2) is 4.98 Å². The fourth-order valence-corrected chi connectivity index (χ4v) is 2.20. The second-order valence-electron chi connectivity index (χ2n) is 4.62. The zero-order valence-corrected chi connectivity index (χ0v) is 11.4. The maximum atomic E-state index is 5.10. The molecule has 0 aliphatic carbocycles. The first kappa shape index (κ1) is 12.7. The molecule has 0 aliphatic rings. The topological polar surface area (TPSA) is 39.1 Å². The summed E-state index contributed by atoms with van der Waals surface area (Å²) in [6.07, 6.45) is 3.74. The third kappa shape index (κ3) is 2.65. The molecule has 0 atom stereocenters. The van der Waals surface area contributed by atoms with Crippen LogP contribution in [0, 0.1) is 0 Å². The number of benzene rings is 2. The minimum Gasteiger partial charge on any atom is -0.383 e. The van der Waals surface area contributed by atoms with Gasteiger partial charge in [-0.3, -0.25) is 0 Å². The second-order valence-corrected chi connectivity index (χ2v) is 4.62. The molecule has 0 saturated heterocycles. The highest BCUT2D eigenvalue weighted by atomic mass is 16.5. The van der Waals surface area contributed by atoms with Crippen LogP contribution in [0.4, 0.5) is 11.6 Å². The van der Waals surface area contributed by atoms with Gasteiger partial charge >= 0.3 is 0 Å². The number of methoxy groups -OCH3 is 1. The molecule has 4 heteroatoms. The van der Waals surface area contributed by atoms with Gasteiger partial charge in [0, 0.05) is 31.7 Å². The highest BCUT2D eigenvalue weighted by Gasteiger charge is 2.03. The molecular weight excluding hydrogens is 250 g/mol. The number of nitrogens with zero attached hydrogens (tertiary/aromatic N) is 2. The SMILES string of the molecule is COCCn1ccnc1Nc1ccc2ccccc2c1. The van der Waals surface area contributed by atoms with Crippen molar-refractivity contribution in [2.24, 2.45) is 0 Å². The van der Waals surface area contributed by atoms with Crippen LogP contribution < -0.4 is 5.32 Å². The number of ether oxygens (including phenoxy) is 1. The van der Waals surface area contributed by atoms with Crippen LogP contribution in [-0.2, 0) is 11.3 Å². The molecule has 0 radical (unpaired) electrons. The van der Waals surface area contributed by atoms with Gasteiger partial charge in [-0.15, -0.1) is 0 Å². The maximum absolute atomic E-state index is 5.10. The quantitative estimate of drug-likeness (QED) is 0.769. The van der Waals surface area contributed by atoms with Gasteiger partial charge in [0.2, 0.25) is 5.95 Å². The van der Waals surface area contributed by atoms with E-state index < -0.39 is 0 Å². The Labute approximate surface area is 118 Å². The largest absolute Gasteiger partial charge is 0.383 e. The van der Waals surface area contributed by atoms with Crippen molar-refractivity contribution in [1.29, 1.82) is 0 Å². The lowest BCUT2D eigenvalue weighted by atomic mass is 10.1. The van der Waals surface area contributed by atoms with E-state index in [0.717, 1.165) is 18.2 Å². The number of imidazole rings is 1. The summed E-state index contributed by atoms with van der Waals surface area (Å²) in [4.78, 5) is 4.34. The lowest BCUT2D eigenvalue weighted by Crippen LogP contribution is -2.07. The molecule has 0 unspecified atom stereocenters. The molecular formula is C16H17N3O. The summed E-state index contributed by atoms with van der Waals surface area (Å²) in [5.41, 5.74) is 1.04. The van der Waals surface area contributed by atoms with Crippen molar-refractivity contribution in [2.45, 2.75) is 6.54 Å². The Kier molecular flexibility index (Phi) is 3.65. The summed E-state index contributed by atoms with van der Waals surface area (Å²) in [5.74, 6) is 0.831. The predicted molar refractivity (Wildman–Crippen MR) is 81.3 cm³/mol. The molecule has 0 aliphatic heterocycles. The minimum atomic E-state index is 0.669. The van der Waals surface area contributed by atoms with Crippen LogP contribution in [0.25, 0.3) is 10.8 Å². The minimum absolute atomic E-state index is 0.669. The molecule has 3 aromatic rings. The zero-order valence-electron chi connectivity index (χ0n) is 11.4. The summed E-state index contributed by atoms with van der Waals surface area (Å²) < 4.78 is 7.14. The van der Waals surface area contributed by atoms with Gasteiger partial charge in [-0.2, -0.15) is 0 Å². The molecule has 0 fully saturated rings. The van der Waals surface area contributed by atoms with E-state index in [1.807, 2.05) is 22.9 Å². The molecule has 0 saturated carbocycles. The highest BCUT2D eigenvalue weighted by molar-refractivity contribution is 5.86. The standard InChI is InChI=1S/C16H17N3O/c1-20-11-10-19-9-8-17-16(19)18-15-7-6-13-4-2-3-5-14(13)12-15/h2-9,12H,10-11H2,1H3,(H,17,18). The lowest BCUT2D eigenvalue weighted by molar-refractivity contribution is 0.188. The second kappa shape index (κ2) is 5.75. The van der Waals surface area contributed by atoms with Crippen LogP contribution in [0.1, 0.15) is 0 Å². The Morgan fingerprint density at radius 2 is 2.00 bits per heavy atom. The summed E-state index contributed by atoms with van der Waals surface area (Å²) >= 11 is 0. The van der Waals surface area contributed by atoms with E-state index in [1.165, 1.54) is 10.8 Å². The fourth-order valence-electron chi connectivity index (χ4n) is 2.20. The van der Waals surface area contributed by atoms with E-state index in [9.17, 15) is 0 Å². The molecule has 0 spiro atoms. The van der Waals surface area contributed by atoms with Crippen molar-refractivity contribution in [3.05, 3.63) is 54.9 Å². The number of aromatic nitrogens is 2. The van der Waals surface area contributed by atoms with Gasteiger partial charge < -0.3 is 14.6 Å². The molecule has 4 nitrogen and oxygen atoms in total. The Hall–Kier alpha value is -2.33. The van der Waals surface area contributed by atoms with Crippen molar-refractivity contribution in [2.75, 3.05) is 19.0 Å². The van der Waals surface area contributed by atoms with Gasteiger partial charge in [0.05, 0.1) is 6.61 Å². The molecule has 3 rings (SSSR count). The monoisotopic (exact) mass is 267 g/mol. The Morgan fingerprint density at radius 3 is 2.85 bits per heavy atom. The summed E-state index contributed by atoms with van der Waals surface area (Å²) in [6.45, 7) is 1.45. The number of hydrogen-bond donors (Lipinski definition) is 1. The van der Waals surface area contributed by atoms with Gasteiger partial charge in [0.1, 0.15) is 0 Å². The first-order valence-corrected chi connectivity index (χ1v) is 6.63. The molecule has 0 bridgehead atoms. The van der Waals surface area contributed by atoms with Crippen molar-refractivity contribution in [3.8, 4) is 0 Å². The van der Waals surface area contributed by atoms with Crippen LogP contribution in [0.2, 0.25) is 0 Å². The number of hydrogen-bond acceptors (Lipinski definition) is 3. The van der Waals surface area contributed by atoms with Gasteiger partial charge in [0.25, 0.3) is 0 Å². The molecule has 1 N–H and O–H groups in total.